The van der Waals surface area contributed by atoms with Crippen molar-refractivity contribution in [3.05, 3.63) is 42.0 Å². The van der Waals surface area contributed by atoms with E-state index in [1.54, 1.807) is 17.9 Å². The predicted octanol–water partition coefficient (Wildman–Crippen LogP) is 3.81. The normalized spacial score (nSPS) is 10.5. The number of hydrogen-bond donors (Lipinski definition) is 0. The fraction of sp³-hybridized carbons (Fsp3) is 0.294. The first-order valence-corrected chi connectivity index (χ1v) is 6.94. The topological polar surface area (TPSA) is 37.4 Å². The fourth-order valence-corrected chi connectivity index (χ4v) is 2.41. The maximum absolute atomic E-state index is 11.9. The summed E-state index contributed by atoms with van der Waals surface area (Å²) in [6, 6.07) is 11.4. The first-order valence-electron chi connectivity index (χ1n) is 6.94. The number of nitrogens with zero attached hydrogens (tertiary/aromatic N) is 1. The van der Waals surface area contributed by atoms with Crippen LogP contribution in [-0.2, 0) is 4.79 Å². The lowest BCUT2D eigenvalue weighted by Crippen LogP contribution is -2.29. The zero-order valence-electron chi connectivity index (χ0n) is 11.9. The third kappa shape index (κ3) is 2.72. The van der Waals surface area contributed by atoms with Crippen LogP contribution in [0, 0.1) is 0 Å². The van der Waals surface area contributed by atoms with Gasteiger partial charge in [-0.3, -0.25) is 9.59 Å². The van der Waals surface area contributed by atoms with Crippen LogP contribution in [0.25, 0.3) is 10.8 Å². The van der Waals surface area contributed by atoms with E-state index in [-0.39, 0.29) is 5.91 Å². The van der Waals surface area contributed by atoms with Gasteiger partial charge in [-0.1, -0.05) is 37.6 Å². The van der Waals surface area contributed by atoms with Crippen LogP contribution in [0.4, 0.5) is 5.69 Å². The standard InChI is InChI=1S/C17H19NO2/c1-3-4-11-18(13(2)20)17-10-9-14(12-19)15-7-5-6-8-16(15)17/h5-10,12H,3-4,11H2,1-2H3. The highest BCUT2D eigenvalue weighted by molar-refractivity contribution is 6.08. The van der Waals surface area contributed by atoms with Crippen LogP contribution in [0.5, 0.6) is 0 Å². The van der Waals surface area contributed by atoms with Crippen LogP contribution in [0.15, 0.2) is 36.4 Å². The van der Waals surface area contributed by atoms with Gasteiger partial charge in [-0.05, 0) is 23.9 Å². The molecule has 0 bridgehead atoms. The molecule has 0 heterocycles. The lowest BCUT2D eigenvalue weighted by atomic mass is 10.0. The van der Waals surface area contributed by atoms with Crippen molar-refractivity contribution in [1.29, 1.82) is 0 Å². The molecule has 0 N–H and O–H groups in total. The van der Waals surface area contributed by atoms with Gasteiger partial charge in [0.2, 0.25) is 5.91 Å². The molecule has 104 valence electrons. The summed E-state index contributed by atoms with van der Waals surface area (Å²) in [5.74, 6) is 0.0301. The molecule has 0 fully saturated rings. The highest BCUT2D eigenvalue weighted by atomic mass is 16.2. The smallest absolute Gasteiger partial charge is 0.223 e. The Bertz CT molecular complexity index is 634. The Morgan fingerprint density at radius 3 is 2.45 bits per heavy atom. The summed E-state index contributed by atoms with van der Waals surface area (Å²) in [6.07, 6.45) is 2.85. The molecule has 0 aromatic heterocycles. The van der Waals surface area contributed by atoms with Crippen molar-refractivity contribution in [2.75, 3.05) is 11.4 Å². The van der Waals surface area contributed by atoms with Gasteiger partial charge in [0, 0.05) is 24.4 Å². The molecule has 0 aliphatic heterocycles. The van der Waals surface area contributed by atoms with E-state index in [0.29, 0.717) is 12.1 Å². The maximum atomic E-state index is 11.9. The average Bonchev–Trinajstić information content (AvgIpc) is 2.47. The van der Waals surface area contributed by atoms with Gasteiger partial charge in [0.15, 0.2) is 6.29 Å². The van der Waals surface area contributed by atoms with Crippen LogP contribution in [-0.4, -0.2) is 18.7 Å². The number of benzene rings is 2. The first kappa shape index (κ1) is 14.3. The summed E-state index contributed by atoms with van der Waals surface area (Å²) in [5.41, 5.74) is 1.54. The van der Waals surface area contributed by atoms with E-state index < -0.39 is 0 Å². The average molecular weight is 269 g/mol. The molecule has 0 radical (unpaired) electrons. The monoisotopic (exact) mass is 269 g/mol. The van der Waals surface area contributed by atoms with Gasteiger partial charge in [-0.25, -0.2) is 0 Å². The summed E-state index contributed by atoms with van der Waals surface area (Å²) < 4.78 is 0. The van der Waals surface area contributed by atoms with Crippen molar-refractivity contribution in [3.63, 3.8) is 0 Å². The Labute approximate surface area is 119 Å². The Kier molecular flexibility index (Phi) is 4.51. The Morgan fingerprint density at radius 2 is 1.85 bits per heavy atom. The van der Waals surface area contributed by atoms with E-state index in [9.17, 15) is 9.59 Å². The number of amides is 1. The molecule has 0 aliphatic carbocycles. The maximum Gasteiger partial charge on any atom is 0.223 e. The molecular weight excluding hydrogens is 250 g/mol. The molecular formula is C17H19NO2. The quantitative estimate of drug-likeness (QED) is 0.774. The SMILES string of the molecule is CCCCN(C(C)=O)c1ccc(C=O)c2ccccc12. The Balaban J connectivity index is 2.58. The summed E-state index contributed by atoms with van der Waals surface area (Å²) in [7, 11) is 0. The predicted molar refractivity (Wildman–Crippen MR) is 82.3 cm³/mol. The van der Waals surface area contributed by atoms with Crippen LogP contribution < -0.4 is 4.90 Å². The van der Waals surface area contributed by atoms with Crippen molar-refractivity contribution in [2.45, 2.75) is 26.7 Å². The van der Waals surface area contributed by atoms with Gasteiger partial charge in [-0.2, -0.15) is 0 Å². The van der Waals surface area contributed by atoms with E-state index in [2.05, 4.69) is 6.92 Å². The first-order chi connectivity index (χ1) is 9.69. The highest BCUT2D eigenvalue weighted by Gasteiger charge is 2.14. The molecule has 2 aromatic rings. The second kappa shape index (κ2) is 6.33. The van der Waals surface area contributed by atoms with Gasteiger partial charge < -0.3 is 4.90 Å². The van der Waals surface area contributed by atoms with Gasteiger partial charge in [0.25, 0.3) is 0 Å². The number of anilines is 1. The molecule has 0 atom stereocenters. The van der Waals surface area contributed by atoms with Crippen molar-refractivity contribution in [1.82, 2.24) is 0 Å². The number of aldehydes is 1. The highest BCUT2D eigenvalue weighted by Crippen LogP contribution is 2.29. The third-order valence-corrected chi connectivity index (χ3v) is 3.47. The molecule has 2 rings (SSSR count). The second-order valence-corrected chi connectivity index (χ2v) is 4.86. The number of fused-ring (bicyclic) bond motifs is 1. The van der Waals surface area contributed by atoms with E-state index in [0.717, 1.165) is 35.6 Å². The molecule has 0 spiro atoms. The van der Waals surface area contributed by atoms with Crippen LogP contribution in [0.2, 0.25) is 0 Å². The van der Waals surface area contributed by atoms with E-state index >= 15 is 0 Å². The summed E-state index contributed by atoms with van der Waals surface area (Å²) in [6.45, 7) is 4.39. The number of rotatable bonds is 5. The molecule has 1 amide bonds. The number of unbranched alkanes of at least 4 members (excludes halogenated alkanes) is 1. The molecule has 0 saturated heterocycles. The van der Waals surface area contributed by atoms with Gasteiger partial charge in [-0.15, -0.1) is 0 Å². The summed E-state index contributed by atoms with van der Waals surface area (Å²) in [5, 5.41) is 1.84. The molecule has 0 saturated carbocycles. The lowest BCUT2D eigenvalue weighted by molar-refractivity contribution is -0.116. The van der Waals surface area contributed by atoms with E-state index in [1.165, 1.54) is 0 Å². The molecule has 0 aliphatic rings. The van der Waals surface area contributed by atoms with Gasteiger partial charge >= 0.3 is 0 Å². The number of carbonyl (C=O) groups is 2. The third-order valence-electron chi connectivity index (χ3n) is 3.47. The molecule has 2 aromatic carbocycles. The minimum absolute atomic E-state index is 0.0301. The fourth-order valence-electron chi connectivity index (χ4n) is 2.41. The van der Waals surface area contributed by atoms with Crippen LogP contribution in [0.1, 0.15) is 37.0 Å². The van der Waals surface area contributed by atoms with Crippen molar-refractivity contribution >= 4 is 28.7 Å². The largest absolute Gasteiger partial charge is 0.312 e. The zero-order valence-corrected chi connectivity index (χ0v) is 11.9. The Hall–Kier alpha value is -2.16. The Morgan fingerprint density at radius 1 is 1.15 bits per heavy atom. The summed E-state index contributed by atoms with van der Waals surface area (Å²) >= 11 is 0. The van der Waals surface area contributed by atoms with Crippen LogP contribution in [0.3, 0.4) is 0 Å². The van der Waals surface area contributed by atoms with Crippen molar-refractivity contribution < 1.29 is 9.59 Å². The molecule has 0 unspecified atom stereocenters. The van der Waals surface area contributed by atoms with Crippen LogP contribution >= 0.6 is 0 Å². The second-order valence-electron chi connectivity index (χ2n) is 4.86. The van der Waals surface area contributed by atoms with E-state index in [4.69, 9.17) is 0 Å². The minimum atomic E-state index is 0.0301. The van der Waals surface area contributed by atoms with Crippen molar-refractivity contribution in [3.8, 4) is 0 Å². The number of carbonyl (C=O) groups excluding carboxylic acids is 2. The zero-order chi connectivity index (χ0) is 14.5. The summed E-state index contributed by atoms with van der Waals surface area (Å²) in [4.78, 5) is 24.8. The lowest BCUT2D eigenvalue weighted by Gasteiger charge is -2.23. The van der Waals surface area contributed by atoms with Crippen molar-refractivity contribution in [2.24, 2.45) is 0 Å². The molecule has 20 heavy (non-hydrogen) atoms. The minimum Gasteiger partial charge on any atom is -0.312 e. The molecule has 3 nitrogen and oxygen atoms in total. The van der Waals surface area contributed by atoms with Gasteiger partial charge in [0.05, 0.1) is 5.69 Å². The van der Waals surface area contributed by atoms with E-state index in [1.807, 2.05) is 30.3 Å². The van der Waals surface area contributed by atoms with Gasteiger partial charge in [0.1, 0.15) is 0 Å². The number of hydrogen-bond acceptors (Lipinski definition) is 2. The molecule has 3 heteroatoms.